The summed E-state index contributed by atoms with van der Waals surface area (Å²) in [6, 6.07) is 11.6. The Kier molecular flexibility index (Phi) is 6.15. The van der Waals surface area contributed by atoms with Crippen LogP contribution in [0, 0.1) is 0 Å². The number of aromatic nitrogens is 6. The largest absolute Gasteiger partial charge is 0.453 e. The Morgan fingerprint density at radius 1 is 0.919 bits per heavy atom. The average molecular weight is 509 g/mol. The van der Waals surface area contributed by atoms with Crippen LogP contribution >= 0.6 is 0 Å². The number of nitrogens with one attached hydrogen (secondary N) is 1. The fourth-order valence-electron chi connectivity index (χ4n) is 5.31. The molecule has 2 aliphatic rings. The van der Waals surface area contributed by atoms with Gasteiger partial charge in [0.05, 0.1) is 0 Å². The number of pyridine rings is 1. The number of hydrogen-bond acceptors (Lipinski definition) is 6. The molecular weight excluding hydrogens is 481 g/mol. The first kappa shape index (κ1) is 23.7. The summed E-state index contributed by atoms with van der Waals surface area (Å²) < 4.78 is 43.5. The quantitative estimate of drug-likeness (QED) is 0.385. The van der Waals surface area contributed by atoms with Gasteiger partial charge in [-0.2, -0.15) is 22.8 Å². The van der Waals surface area contributed by atoms with Crippen molar-refractivity contribution in [1.82, 2.24) is 34.2 Å². The summed E-state index contributed by atoms with van der Waals surface area (Å²) in [5.74, 6) is -0.568. The molecule has 4 heterocycles. The molecule has 192 valence electrons. The van der Waals surface area contributed by atoms with E-state index in [2.05, 4.69) is 36.3 Å². The van der Waals surface area contributed by atoms with Crippen molar-refractivity contribution in [2.45, 2.75) is 50.7 Å². The van der Waals surface area contributed by atoms with E-state index < -0.39 is 12.0 Å². The van der Waals surface area contributed by atoms with Gasteiger partial charge in [-0.1, -0.05) is 12.1 Å². The molecule has 0 amide bonds. The van der Waals surface area contributed by atoms with Gasteiger partial charge >= 0.3 is 6.18 Å². The Balaban J connectivity index is 1.29. The maximum Gasteiger partial charge on any atom is 0.453 e. The topological polar surface area (TPSA) is 76.7 Å². The SMILES string of the molecule is FC(F)(F)c1nc(Nc2ccc3c(c2)CCC(N2CCCC2)CC3)n(-c2cccc(-n3ccnc3)n2)n1. The number of anilines is 2. The minimum atomic E-state index is -4.69. The molecule has 0 spiro atoms. The van der Waals surface area contributed by atoms with Crippen LogP contribution in [0.5, 0.6) is 0 Å². The summed E-state index contributed by atoms with van der Waals surface area (Å²) in [5.41, 5.74) is 3.21. The van der Waals surface area contributed by atoms with Gasteiger partial charge in [-0.15, -0.1) is 5.10 Å². The zero-order valence-corrected chi connectivity index (χ0v) is 20.2. The molecule has 1 saturated heterocycles. The molecule has 11 heteroatoms. The zero-order valence-electron chi connectivity index (χ0n) is 20.2. The summed E-state index contributed by atoms with van der Waals surface area (Å²) in [6.07, 6.45) is 6.92. The second kappa shape index (κ2) is 9.62. The number of halogens is 3. The maximum atomic E-state index is 13.6. The van der Waals surface area contributed by atoms with Crippen molar-refractivity contribution < 1.29 is 13.2 Å². The standard InChI is InChI=1S/C26H27F3N8/c27-26(28,29)24-33-25(37(34-24)23-5-3-4-22(32-23)36-15-12-30-17-36)31-20-9-6-18-7-10-21(11-8-19(18)16-20)35-13-1-2-14-35/h3-6,9,12,15-17,21H,1-2,7-8,10-11,13-14H2,(H,31,33,34). The first-order valence-electron chi connectivity index (χ1n) is 12.6. The Morgan fingerprint density at radius 2 is 1.70 bits per heavy atom. The van der Waals surface area contributed by atoms with Gasteiger partial charge in [0.15, 0.2) is 5.82 Å². The molecule has 6 rings (SSSR count). The highest BCUT2D eigenvalue weighted by atomic mass is 19.4. The lowest BCUT2D eigenvalue weighted by atomic mass is 10.0. The van der Waals surface area contributed by atoms with E-state index in [1.165, 1.54) is 37.1 Å². The molecule has 1 aliphatic heterocycles. The van der Waals surface area contributed by atoms with E-state index in [0.717, 1.165) is 30.4 Å². The number of aryl methyl sites for hydroxylation is 2. The molecule has 37 heavy (non-hydrogen) atoms. The van der Waals surface area contributed by atoms with Crippen LogP contribution in [-0.2, 0) is 19.0 Å². The van der Waals surface area contributed by atoms with Crippen LogP contribution in [0.4, 0.5) is 24.8 Å². The van der Waals surface area contributed by atoms with Crippen LogP contribution in [0.2, 0.25) is 0 Å². The fraction of sp³-hybridized carbons (Fsp3) is 0.385. The molecule has 1 aliphatic carbocycles. The molecule has 1 atom stereocenters. The number of likely N-dealkylation sites (tertiary alicyclic amines) is 1. The minimum absolute atomic E-state index is 0.0499. The Hall–Kier alpha value is -3.73. The van der Waals surface area contributed by atoms with Crippen molar-refractivity contribution in [2.75, 3.05) is 18.4 Å². The van der Waals surface area contributed by atoms with Crippen molar-refractivity contribution >= 4 is 11.6 Å². The van der Waals surface area contributed by atoms with Crippen molar-refractivity contribution in [3.63, 3.8) is 0 Å². The molecule has 0 bridgehead atoms. The number of nitrogens with zero attached hydrogens (tertiary/aromatic N) is 7. The number of benzene rings is 1. The Morgan fingerprint density at radius 3 is 2.46 bits per heavy atom. The second-order valence-electron chi connectivity index (χ2n) is 9.58. The van der Waals surface area contributed by atoms with Gasteiger partial charge in [0.2, 0.25) is 5.95 Å². The van der Waals surface area contributed by atoms with Crippen LogP contribution in [0.3, 0.4) is 0 Å². The zero-order chi connectivity index (χ0) is 25.4. The van der Waals surface area contributed by atoms with Gasteiger partial charge in [-0.25, -0.2) is 9.97 Å². The van der Waals surface area contributed by atoms with Crippen LogP contribution in [0.25, 0.3) is 11.6 Å². The molecule has 1 aromatic carbocycles. The molecule has 0 saturated carbocycles. The first-order chi connectivity index (χ1) is 17.9. The van der Waals surface area contributed by atoms with Crippen LogP contribution in [0.15, 0.2) is 55.1 Å². The second-order valence-corrected chi connectivity index (χ2v) is 9.58. The Labute approximate surface area is 212 Å². The molecule has 1 fully saturated rings. The molecule has 8 nitrogen and oxygen atoms in total. The van der Waals surface area contributed by atoms with E-state index in [1.54, 1.807) is 41.5 Å². The number of alkyl halides is 3. The predicted molar refractivity (Wildman–Crippen MR) is 132 cm³/mol. The molecule has 1 N–H and O–H groups in total. The minimum Gasteiger partial charge on any atom is -0.324 e. The maximum absolute atomic E-state index is 13.6. The van der Waals surface area contributed by atoms with E-state index in [9.17, 15) is 13.2 Å². The van der Waals surface area contributed by atoms with Crippen LogP contribution in [-0.4, -0.2) is 53.3 Å². The number of fused-ring (bicyclic) bond motifs is 1. The predicted octanol–water partition coefficient (Wildman–Crippen LogP) is 4.95. The van der Waals surface area contributed by atoms with Crippen LogP contribution < -0.4 is 5.32 Å². The van der Waals surface area contributed by atoms with Gasteiger partial charge in [0.1, 0.15) is 12.1 Å². The molecule has 4 aromatic rings. The average Bonchev–Trinajstić information content (AvgIpc) is 3.65. The normalized spacial score (nSPS) is 18.5. The van der Waals surface area contributed by atoms with Crippen molar-refractivity contribution in [3.05, 3.63) is 72.1 Å². The molecule has 0 radical (unpaired) electrons. The van der Waals surface area contributed by atoms with Crippen molar-refractivity contribution in [2.24, 2.45) is 0 Å². The highest BCUT2D eigenvalue weighted by Crippen LogP contribution is 2.31. The summed E-state index contributed by atoms with van der Waals surface area (Å²) in [7, 11) is 0. The third-order valence-corrected chi connectivity index (χ3v) is 7.18. The number of hydrogen-bond donors (Lipinski definition) is 1. The van der Waals surface area contributed by atoms with Crippen molar-refractivity contribution in [1.29, 1.82) is 0 Å². The van der Waals surface area contributed by atoms with Gasteiger partial charge in [-0.05, 0) is 87.0 Å². The third kappa shape index (κ3) is 4.95. The summed E-state index contributed by atoms with van der Waals surface area (Å²) in [5, 5.41) is 6.83. The number of imidazole rings is 1. The van der Waals surface area contributed by atoms with E-state index in [1.807, 2.05) is 12.1 Å². The third-order valence-electron chi connectivity index (χ3n) is 7.18. The van der Waals surface area contributed by atoms with E-state index in [0.29, 0.717) is 17.5 Å². The lowest BCUT2D eigenvalue weighted by Crippen LogP contribution is -2.32. The highest BCUT2D eigenvalue weighted by molar-refractivity contribution is 5.58. The van der Waals surface area contributed by atoms with Gasteiger partial charge in [-0.3, -0.25) is 4.57 Å². The summed E-state index contributed by atoms with van der Waals surface area (Å²) in [6.45, 7) is 2.36. The van der Waals surface area contributed by atoms with Crippen molar-refractivity contribution in [3.8, 4) is 11.6 Å². The van der Waals surface area contributed by atoms with Crippen LogP contribution in [0.1, 0.15) is 42.6 Å². The monoisotopic (exact) mass is 508 g/mol. The van der Waals surface area contributed by atoms with E-state index in [-0.39, 0.29) is 11.8 Å². The lowest BCUT2D eigenvalue weighted by Gasteiger charge is -2.25. The van der Waals surface area contributed by atoms with Gasteiger partial charge in [0.25, 0.3) is 5.82 Å². The van der Waals surface area contributed by atoms with Gasteiger partial charge < -0.3 is 10.2 Å². The summed E-state index contributed by atoms with van der Waals surface area (Å²) in [4.78, 5) is 14.9. The van der Waals surface area contributed by atoms with E-state index in [4.69, 9.17) is 0 Å². The summed E-state index contributed by atoms with van der Waals surface area (Å²) >= 11 is 0. The Bertz CT molecular complexity index is 1370. The highest BCUT2D eigenvalue weighted by Gasteiger charge is 2.37. The van der Waals surface area contributed by atoms with Gasteiger partial charge in [0, 0.05) is 24.1 Å². The molecular formula is C26H27F3N8. The molecule has 1 unspecified atom stereocenters. The molecule has 3 aromatic heterocycles. The van der Waals surface area contributed by atoms with E-state index >= 15 is 0 Å². The first-order valence-corrected chi connectivity index (χ1v) is 12.6. The smallest absolute Gasteiger partial charge is 0.324 e. The lowest BCUT2D eigenvalue weighted by molar-refractivity contribution is -0.144. The number of rotatable bonds is 5. The fourth-order valence-corrected chi connectivity index (χ4v) is 5.31.